The Morgan fingerprint density at radius 3 is 2.45 bits per heavy atom. The van der Waals surface area contributed by atoms with Gasteiger partial charge in [-0.2, -0.15) is 0 Å². The molecule has 0 bridgehead atoms. The summed E-state index contributed by atoms with van der Waals surface area (Å²) in [5.41, 5.74) is 0. The number of aliphatic hydroxyl groups is 1. The molecule has 0 aromatic heterocycles. The molecule has 4 unspecified atom stereocenters. The quantitative estimate of drug-likeness (QED) is 0.812. The molecule has 2 aliphatic carbocycles. The van der Waals surface area contributed by atoms with Crippen LogP contribution in [0.15, 0.2) is 0 Å². The number of aliphatic hydroxyl groups excluding tert-OH is 1. The zero-order valence-electron chi connectivity index (χ0n) is 13.1. The van der Waals surface area contributed by atoms with Crippen molar-refractivity contribution in [2.24, 2.45) is 11.8 Å². The normalized spacial score (nSPS) is 39.9. The van der Waals surface area contributed by atoms with Gasteiger partial charge in [-0.1, -0.05) is 19.8 Å². The van der Waals surface area contributed by atoms with Crippen molar-refractivity contribution in [2.45, 2.75) is 76.4 Å². The SMILES string of the molecule is CC1CCC1N1CC(CCO)CC(NC2CCCC2)C1. The predicted molar refractivity (Wildman–Crippen MR) is 82.7 cm³/mol. The van der Waals surface area contributed by atoms with Crippen molar-refractivity contribution in [2.75, 3.05) is 19.7 Å². The van der Waals surface area contributed by atoms with Crippen LogP contribution in [0.1, 0.15) is 58.3 Å². The first kappa shape index (κ1) is 14.8. The van der Waals surface area contributed by atoms with E-state index in [9.17, 15) is 5.11 Å². The van der Waals surface area contributed by atoms with Crippen LogP contribution in [0.3, 0.4) is 0 Å². The molecule has 1 heterocycles. The molecule has 0 aromatic carbocycles. The third kappa shape index (κ3) is 3.37. The minimum absolute atomic E-state index is 0.356. The average molecular weight is 280 g/mol. The van der Waals surface area contributed by atoms with E-state index in [-0.39, 0.29) is 0 Å². The van der Waals surface area contributed by atoms with Gasteiger partial charge in [-0.25, -0.2) is 0 Å². The van der Waals surface area contributed by atoms with Gasteiger partial charge in [0.15, 0.2) is 0 Å². The lowest BCUT2D eigenvalue weighted by Gasteiger charge is -2.49. The van der Waals surface area contributed by atoms with Crippen molar-refractivity contribution in [1.82, 2.24) is 10.2 Å². The van der Waals surface area contributed by atoms with Crippen molar-refractivity contribution in [3.8, 4) is 0 Å². The maximum atomic E-state index is 9.30. The molecule has 0 radical (unpaired) electrons. The smallest absolute Gasteiger partial charge is 0.0434 e. The predicted octanol–water partition coefficient (Wildman–Crippen LogP) is 2.39. The van der Waals surface area contributed by atoms with Crippen molar-refractivity contribution in [3.63, 3.8) is 0 Å². The molecule has 3 rings (SSSR count). The van der Waals surface area contributed by atoms with E-state index in [0.29, 0.717) is 18.6 Å². The van der Waals surface area contributed by atoms with E-state index in [0.717, 1.165) is 24.4 Å². The van der Waals surface area contributed by atoms with Gasteiger partial charge in [0.25, 0.3) is 0 Å². The van der Waals surface area contributed by atoms with E-state index in [1.807, 2.05) is 0 Å². The zero-order chi connectivity index (χ0) is 13.9. The molecule has 116 valence electrons. The second-order valence-electron chi connectivity index (χ2n) is 7.53. The summed E-state index contributed by atoms with van der Waals surface area (Å²) in [4.78, 5) is 2.74. The molecular weight excluding hydrogens is 248 g/mol. The fraction of sp³-hybridized carbons (Fsp3) is 1.00. The van der Waals surface area contributed by atoms with Crippen LogP contribution < -0.4 is 5.32 Å². The summed E-state index contributed by atoms with van der Waals surface area (Å²) in [5.74, 6) is 1.58. The molecule has 3 heteroatoms. The highest BCUT2D eigenvalue weighted by Crippen LogP contribution is 2.35. The Morgan fingerprint density at radius 1 is 1.05 bits per heavy atom. The van der Waals surface area contributed by atoms with E-state index in [1.165, 1.54) is 58.0 Å². The van der Waals surface area contributed by atoms with Gasteiger partial charge in [-0.3, -0.25) is 4.90 Å². The first-order valence-electron chi connectivity index (χ1n) is 8.87. The van der Waals surface area contributed by atoms with E-state index < -0.39 is 0 Å². The van der Waals surface area contributed by atoms with Crippen molar-refractivity contribution >= 4 is 0 Å². The number of hydrogen-bond acceptors (Lipinski definition) is 3. The molecule has 2 saturated carbocycles. The van der Waals surface area contributed by atoms with Gasteiger partial charge in [0.2, 0.25) is 0 Å². The van der Waals surface area contributed by atoms with E-state index in [1.54, 1.807) is 0 Å². The number of hydrogen-bond donors (Lipinski definition) is 2. The molecule has 0 amide bonds. The second-order valence-corrected chi connectivity index (χ2v) is 7.53. The maximum absolute atomic E-state index is 9.30. The van der Waals surface area contributed by atoms with Crippen LogP contribution in [0.2, 0.25) is 0 Å². The highest BCUT2D eigenvalue weighted by Gasteiger charge is 2.37. The highest BCUT2D eigenvalue weighted by molar-refractivity contribution is 4.94. The summed E-state index contributed by atoms with van der Waals surface area (Å²) in [7, 11) is 0. The highest BCUT2D eigenvalue weighted by atomic mass is 16.3. The van der Waals surface area contributed by atoms with Gasteiger partial charge in [0, 0.05) is 37.8 Å². The molecule has 0 spiro atoms. The van der Waals surface area contributed by atoms with Crippen LogP contribution in [-0.2, 0) is 0 Å². The Labute approximate surface area is 124 Å². The van der Waals surface area contributed by atoms with Gasteiger partial charge in [0.05, 0.1) is 0 Å². The molecule has 1 saturated heterocycles. The summed E-state index contributed by atoms with van der Waals surface area (Å²) >= 11 is 0. The topological polar surface area (TPSA) is 35.5 Å². The summed E-state index contributed by atoms with van der Waals surface area (Å²) in [6, 6.07) is 2.26. The molecule has 3 aliphatic rings. The lowest BCUT2D eigenvalue weighted by atomic mass is 9.78. The fourth-order valence-electron chi connectivity index (χ4n) is 4.64. The molecule has 2 N–H and O–H groups in total. The summed E-state index contributed by atoms with van der Waals surface area (Å²) in [6.45, 7) is 5.23. The molecule has 3 nitrogen and oxygen atoms in total. The molecular formula is C17H32N2O. The largest absolute Gasteiger partial charge is 0.396 e. The standard InChI is InChI=1S/C17H32N2O/c1-13-6-7-17(13)19-11-14(8-9-20)10-16(12-19)18-15-4-2-3-5-15/h13-18,20H,2-12H2,1H3. The van der Waals surface area contributed by atoms with Crippen molar-refractivity contribution in [3.05, 3.63) is 0 Å². The van der Waals surface area contributed by atoms with Gasteiger partial charge in [-0.05, 0) is 50.4 Å². The molecule has 1 aliphatic heterocycles. The average Bonchev–Trinajstić information content (AvgIpc) is 2.90. The maximum Gasteiger partial charge on any atom is 0.0434 e. The van der Waals surface area contributed by atoms with Gasteiger partial charge >= 0.3 is 0 Å². The van der Waals surface area contributed by atoms with Crippen LogP contribution in [0, 0.1) is 11.8 Å². The summed E-state index contributed by atoms with van der Waals surface area (Å²) < 4.78 is 0. The van der Waals surface area contributed by atoms with E-state index in [2.05, 4.69) is 17.1 Å². The third-order valence-corrected chi connectivity index (χ3v) is 5.97. The van der Waals surface area contributed by atoms with Crippen LogP contribution in [0.25, 0.3) is 0 Å². The third-order valence-electron chi connectivity index (χ3n) is 5.97. The minimum atomic E-state index is 0.356. The lowest BCUT2D eigenvalue weighted by Crippen LogP contribution is -2.57. The first-order valence-corrected chi connectivity index (χ1v) is 8.87. The van der Waals surface area contributed by atoms with Gasteiger partial charge in [0.1, 0.15) is 0 Å². The van der Waals surface area contributed by atoms with Crippen LogP contribution in [-0.4, -0.2) is 47.8 Å². The Hall–Kier alpha value is -0.120. The number of rotatable bonds is 5. The summed E-state index contributed by atoms with van der Waals surface area (Å²) in [6.07, 6.45) is 10.6. The van der Waals surface area contributed by atoms with Crippen LogP contribution in [0.5, 0.6) is 0 Å². The molecule has 4 atom stereocenters. The van der Waals surface area contributed by atoms with Crippen molar-refractivity contribution < 1.29 is 5.11 Å². The number of piperidine rings is 1. The Morgan fingerprint density at radius 2 is 1.85 bits per heavy atom. The van der Waals surface area contributed by atoms with E-state index in [4.69, 9.17) is 0 Å². The fourth-order valence-corrected chi connectivity index (χ4v) is 4.64. The van der Waals surface area contributed by atoms with E-state index >= 15 is 0 Å². The molecule has 3 fully saturated rings. The van der Waals surface area contributed by atoms with Gasteiger partial charge in [-0.15, -0.1) is 0 Å². The zero-order valence-corrected chi connectivity index (χ0v) is 13.1. The monoisotopic (exact) mass is 280 g/mol. The minimum Gasteiger partial charge on any atom is -0.396 e. The molecule has 0 aromatic rings. The number of nitrogens with zero attached hydrogens (tertiary/aromatic N) is 1. The number of likely N-dealkylation sites (tertiary alicyclic amines) is 1. The summed E-state index contributed by atoms with van der Waals surface area (Å²) in [5, 5.41) is 13.2. The second kappa shape index (κ2) is 6.76. The Bertz CT molecular complexity index is 303. The Balaban J connectivity index is 1.57. The molecule has 20 heavy (non-hydrogen) atoms. The van der Waals surface area contributed by atoms with Gasteiger partial charge < -0.3 is 10.4 Å². The van der Waals surface area contributed by atoms with Crippen LogP contribution in [0.4, 0.5) is 0 Å². The van der Waals surface area contributed by atoms with Crippen LogP contribution >= 0.6 is 0 Å². The lowest BCUT2D eigenvalue weighted by molar-refractivity contribution is 0.0161. The first-order chi connectivity index (χ1) is 9.76. The van der Waals surface area contributed by atoms with Crippen molar-refractivity contribution in [1.29, 1.82) is 0 Å². The Kier molecular flexibility index (Phi) is 5.00. The number of nitrogens with one attached hydrogen (secondary N) is 1.